The van der Waals surface area contributed by atoms with Gasteiger partial charge in [-0.3, -0.25) is 9.59 Å². The molecule has 0 spiro atoms. The van der Waals surface area contributed by atoms with Gasteiger partial charge in [0.15, 0.2) is 0 Å². The third kappa shape index (κ3) is 7.40. The summed E-state index contributed by atoms with van der Waals surface area (Å²) in [5, 5.41) is 5.39. The lowest BCUT2D eigenvalue weighted by Crippen LogP contribution is -2.16. The maximum absolute atomic E-state index is 12.8. The summed E-state index contributed by atoms with van der Waals surface area (Å²) in [7, 11) is 0. The number of nitrogens with one attached hydrogen (secondary N) is 2. The fourth-order valence-electron chi connectivity index (χ4n) is 2.19. The van der Waals surface area contributed by atoms with Crippen LogP contribution < -0.4 is 10.6 Å². The molecule has 6 nitrogen and oxygen atoms in total. The first-order valence-electron chi connectivity index (χ1n) is 8.68. The molecule has 2 amide bonds. The summed E-state index contributed by atoms with van der Waals surface area (Å²) in [6.45, 7) is 2.03. The molecule has 0 bridgehead atoms. The van der Waals surface area contributed by atoms with Gasteiger partial charge in [0, 0.05) is 23.5 Å². The van der Waals surface area contributed by atoms with E-state index >= 15 is 0 Å². The maximum Gasteiger partial charge on any atom is 0.338 e. The molecule has 0 aliphatic heterocycles. The van der Waals surface area contributed by atoms with Crippen LogP contribution in [0, 0.1) is 5.82 Å². The quantitative estimate of drug-likeness (QED) is 0.492. The Morgan fingerprint density at radius 2 is 1.50 bits per heavy atom. The van der Waals surface area contributed by atoms with E-state index in [4.69, 9.17) is 4.74 Å². The van der Waals surface area contributed by atoms with Crippen LogP contribution in [-0.2, 0) is 14.3 Å². The molecule has 0 fully saturated rings. The molecule has 0 aliphatic rings. The number of rotatable bonds is 9. The highest BCUT2D eigenvalue weighted by Crippen LogP contribution is 2.13. The van der Waals surface area contributed by atoms with Gasteiger partial charge in [0.05, 0.1) is 17.9 Å². The Morgan fingerprint density at radius 3 is 2.11 bits per heavy atom. The Morgan fingerprint density at radius 1 is 0.929 bits per heavy atom. The normalized spacial score (nSPS) is 10.2. The summed E-state index contributed by atoms with van der Waals surface area (Å²) in [6.07, 6.45) is 0.240. The molecule has 0 aromatic heterocycles. The van der Waals surface area contributed by atoms with Crippen molar-refractivity contribution in [3.8, 4) is 0 Å². The van der Waals surface area contributed by atoms with Gasteiger partial charge >= 0.3 is 5.97 Å². The number of carbonyl (C=O) groups is 3. The van der Waals surface area contributed by atoms with Gasteiger partial charge in [-0.2, -0.15) is 11.8 Å². The molecule has 148 valence electrons. The number of benzene rings is 2. The van der Waals surface area contributed by atoms with Gasteiger partial charge in [-0.05, 0) is 55.5 Å². The standard InChI is InChI=1S/C20H21FN2O4S/c1-2-27-20(26)14-3-7-16(8-4-14)23-19(25)13-28-12-11-18(24)22-17-9-5-15(21)6-10-17/h3-10H,2,11-13H2,1H3,(H,22,24)(H,23,25). The van der Waals surface area contributed by atoms with E-state index in [1.165, 1.54) is 36.0 Å². The molecule has 0 radical (unpaired) electrons. The number of anilines is 2. The molecule has 2 N–H and O–H groups in total. The van der Waals surface area contributed by atoms with Crippen molar-refractivity contribution >= 4 is 40.9 Å². The highest BCUT2D eigenvalue weighted by molar-refractivity contribution is 7.99. The zero-order valence-corrected chi connectivity index (χ0v) is 16.2. The van der Waals surface area contributed by atoms with Crippen molar-refractivity contribution in [2.75, 3.05) is 28.7 Å². The number of ether oxygens (including phenoxy) is 1. The summed E-state index contributed by atoms with van der Waals surface area (Å²) in [6, 6.07) is 11.9. The molecule has 2 rings (SSSR count). The molecule has 0 saturated heterocycles. The van der Waals surface area contributed by atoms with Gasteiger partial charge in [-0.25, -0.2) is 9.18 Å². The Kier molecular flexibility index (Phi) is 8.48. The number of hydrogen-bond acceptors (Lipinski definition) is 5. The van der Waals surface area contributed by atoms with Crippen LogP contribution in [0.25, 0.3) is 0 Å². The molecule has 0 atom stereocenters. The van der Waals surface area contributed by atoms with Gasteiger partial charge in [0.1, 0.15) is 5.82 Å². The lowest BCUT2D eigenvalue weighted by Gasteiger charge is -2.07. The van der Waals surface area contributed by atoms with E-state index in [2.05, 4.69) is 10.6 Å². The molecule has 2 aromatic carbocycles. The summed E-state index contributed by atoms with van der Waals surface area (Å²) < 4.78 is 17.7. The molecular formula is C20H21FN2O4S. The Hall–Kier alpha value is -2.87. The van der Waals surface area contributed by atoms with Crippen LogP contribution in [-0.4, -0.2) is 35.9 Å². The predicted octanol–water partition coefficient (Wildman–Crippen LogP) is 3.70. The van der Waals surface area contributed by atoms with E-state index < -0.39 is 5.97 Å². The molecular weight excluding hydrogens is 383 g/mol. The second-order valence-electron chi connectivity index (χ2n) is 5.70. The first-order chi connectivity index (χ1) is 13.5. The van der Waals surface area contributed by atoms with Crippen LogP contribution in [0.5, 0.6) is 0 Å². The van der Waals surface area contributed by atoms with Crippen molar-refractivity contribution in [1.29, 1.82) is 0 Å². The van der Waals surface area contributed by atoms with Crippen LogP contribution >= 0.6 is 11.8 Å². The van der Waals surface area contributed by atoms with E-state index in [0.717, 1.165) is 0 Å². The SMILES string of the molecule is CCOC(=O)c1ccc(NC(=O)CSCCC(=O)Nc2ccc(F)cc2)cc1. The molecule has 0 unspecified atom stereocenters. The number of halogens is 1. The highest BCUT2D eigenvalue weighted by Gasteiger charge is 2.08. The lowest BCUT2D eigenvalue weighted by atomic mass is 10.2. The monoisotopic (exact) mass is 404 g/mol. The van der Waals surface area contributed by atoms with Crippen molar-refractivity contribution in [2.45, 2.75) is 13.3 Å². The number of esters is 1. The molecule has 28 heavy (non-hydrogen) atoms. The van der Waals surface area contributed by atoms with Gasteiger partial charge < -0.3 is 15.4 Å². The fraction of sp³-hybridized carbons (Fsp3) is 0.250. The first kappa shape index (κ1) is 21.4. The zero-order chi connectivity index (χ0) is 20.4. The highest BCUT2D eigenvalue weighted by atomic mass is 32.2. The summed E-state index contributed by atoms with van der Waals surface area (Å²) in [5.74, 6) is -0.502. The minimum atomic E-state index is -0.408. The largest absolute Gasteiger partial charge is 0.462 e. The molecule has 8 heteroatoms. The number of carbonyl (C=O) groups excluding carboxylic acids is 3. The summed E-state index contributed by atoms with van der Waals surface area (Å²) in [4.78, 5) is 35.3. The smallest absolute Gasteiger partial charge is 0.338 e. The van der Waals surface area contributed by atoms with Gasteiger partial charge in [-0.15, -0.1) is 0 Å². The molecule has 0 aliphatic carbocycles. The average Bonchev–Trinajstić information content (AvgIpc) is 2.68. The van der Waals surface area contributed by atoms with E-state index in [1.807, 2.05) is 0 Å². The van der Waals surface area contributed by atoms with Crippen molar-refractivity contribution in [3.05, 3.63) is 59.9 Å². The summed E-state index contributed by atoms with van der Waals surface area (Å²) >= 11 is 1.33. The maximum atomic E-state index is 12.8. The van der Waals surface area contributed by atoms with Crippen LogP contribution in [0.1, 0.15) is 23.7 Å². The van der Waals surface area contributed by atoms with E-state index in [0.29, 0.717) is 29.3 Å². The first-order valence-corrected chi connectivity index (χ1v) is 9.83. The Balaban J connectivity index is 1.66. The average molecular weight is 404 g/mol. The van der Waals surface area contributed by atoms with Crippen molar-refractivity contribution in [3.63, 3.8) is 0 Å². The summed E-state index contributed by atoms with van der Waals surface area (Å²) in [5.41, 5.74) is 1.52. The van der Waals surface area contributed by atoms with Crippen LogP contribution in [0.15, 0.2) is 48.5 Å². The van der Waals surface area contributed by atoms with E-state index in [1.54, 1.807) is 31.2 Å². The van der Waals surface area contributed by atoms with Gasteiger partial charge in [0.25, 0.3) is 0 Å². The number of hydrogen-bond donors (Lipinski definition) is 2. The van der Waals surface area contributed by atoms with Crippen LogP contribution in [0.3, 0.4) is 0 Å². The van der Waals surface area contributed by atoms with Crippen molar-refractivity contribution in [1.82, 2.24) is 0 Å². The zero-order valence-electron chi connectivity index (χ0n) is 15.4. The third-order valence-electron chi connectivity index (χ3n) is 3.51. The minimum absolute atomic E-state index is 0.198. The van der Waals surface area contributed by atoms with Gasteiger partial charge in [-0.1, -0.05) is 0 Å². The predicted molar refractivity (Wildman–Crippen MR) is 108 cm³/mol. The second kappa shape index (κ2) is 11.1. The van der Waals surface area contributed by atoms with Crippen LogP contribution in [0.4, 0.5) is 15.8 Å². The molecule has 0 saturated carbocycles. The number of thioether (sulfide) groups is 1. The Bertz CT molecular complexity index is 810. The van der Waals surface area contributed by atoms with Crippen LogP contribution in [0.2, 0.25) is 0 Å². The fourth-order valence-corrected chi connectivity index (χ4v) is 2.92. The van der Waals surface area contributed by atoms with Gasteiger partial charge in [0.2, 0.25) is 11.8 Å². The number of amides is 2. The van der Waals surface area contributed by atoms with E-state index in [9.17, 15) is 18.8 Å². The Labute approximate surface area is 166 Å². The van der Waals surface area contributed by atoms with Crippen molar-refractivity contribution < 1.29 is 23.5 Å². The second-order valence-corrected chi connectivity index (χ2v) is 6.81. The minimum Gasteiger partial charge on any atom is -0.462 e. The third-order valence-corrected chi connectivity index (χ3v) is 4.47. The van der Waals surface area contributed by atoms with Crippen molar-refractivity contribution in [2.24, 2.45) is 0 Å². The molecule has 2 aromatic rings. The molecule has 0 heterocycles. The van der Waals surface area contributed by atoms with E-state index in [-0.39, 0.29) is 29.8 Å². The topological polar surface area (TPSA) is 84.5 Å². The lowest BCUT2D eigenvalue weighted by molar-refractivity contribution is -0.116.